The highest BCUT2D eigenvalue weighted by molar-refractivity contribution is 6.20. The molecule has 0 spiro atoms. The molecule has 0 aliphatic heterocycles. The fourth-order valence-corrected chi connectivity index (χ4v) is 4.95. The number of para-hydroxylation sites is 4. The molecule has 0 unspecified atom stereocenters. The van der Waals surface area contributed by atoms with Crippen LogP contribution in [0.15, 0.2) is 91.0 Å². The summed E-state index contributed by atoms with van der Waals surface area (Å²) >= 11 is 0. The Morgan fingerprint density at radius 3 is 2.20 bits per heavy atom. The molecule has 0 fully saturated rings. The molecule has 4 heteroatoms. The molecule has 7 rings (SSSR count). The van der Waals surface area contributed by atoms with Crippen molar-refractivity contribution in [2.75, 3.05) is 0 Å². The van der Waals surface area contributed by atoms with Gasteiger partial charge in [0.25, 0.3) is 0 Å². The highest BCUT2D eigenvalue weighted by Gasteiger charge is 2.21. The molecular weight excluding hydrogens is 368 g/mol. The minimum atomic E-state index is 0.942. The Bertz CT molecular complexity index is 1750. The number of aryl methyl sites for hydroxylation is 1. The molecule has 0 saturated heterocycles. The van der Waals surface area contributed by atoms with Crippen molar-refractivity contribution in [3.63, 3.8) is 0 Å². The van der Waals surface area contributed by atoms with E-state index in [-0.39, 0.29) is 0 Å². The lowest BCUT2D eigenvalue weighted by Crippen LogP contribution is -1.94. The van der Waals surface area contributed by atoms with Crippen molar-refractivity contribution in [1.82, 2.24) is 18.5 Å². The summed E-state index contributed by atoms with van der Waals surface area (Å²) < 4.78 is 6.89. The van der Waals surface area contributed by atoms with Gasteiger partial charge in [0.1, 0.15) is 0 Å². The maximum atomic E-state index is 5.04. The number of aromatic nitrogens is 4. The molecule has 0 bridgehead atoms. The van der Waals surface area contributed by atoms with Gasteiger partial charge in [-0.2, -0.15) is 0 Å². The molecule has 0 radical (unpaired) electrons. The second-order valence-electron chi connectivity index (χ2n) is 7.81. The standard InChI is InChI=1S/C26H18N4/c1-28-20-13-7-5-11-18(20)24-22(28)15-16-23-25(24)30-21-14-8-6-12-19(21)27-26(30)29(23)17-9-3-2-4-10-17/h2-16H,1H3. The average molecular weight is 386 g/mol. The number of rotatable bonds is 1. The molecule has 0 aliphatic rings. The monoisotopic (exact) mass is 386 g/mol. The van der Waals surface area contributed by atoms with Gasteiger partial charge in [0.05, 0.1) is 27.6 Å². The third kappa shape index (κ3) is 1.83. The first-order valence-corrected chi connectivity index (χ1v) is 10.2. The SMILES string of the molecule is Cn1c2ccccc2c2c1ccc1c2n2c3ccccc3nc2n1-c1ccccc1. The molecule has 0 saturated carbocycles. The van der Waals surface area contributed by atoms with Gasteiger partial charge in [-0.15, -0.1) is 0 Å². The summed E-state index contributed by atoms with van der Waals surface area (Å²) in [6.45, 7) is 0. The van der Waals surface area contributed by atoms with E-state index in [0.717, 1.165) is 22.5 Å². The number of imidazole rings is 2. The van der Waals surface area contributed by atoms with Gasteiger partial charge in [-0.25, -0.2) is 4.98 Å². The maximum Gasteiger partial charge on any atom is 0.220 e. The van der Waals surface area contributed by atoms with Gasteiger partial charge in [0, 0.05) is 29.0 Å². The van der Waals surface area contributed by atoms with E-state index in [2.05, 4.69) is 112 Å². The van der Waals surface area contributed by atoms with Crippen LogP contribution in [0, 0.1) is 0 Å². The van der Waals surface area contributed by atoms with E-state index in [4.69, 9.17) is 4.98 Å². The maximum absolute atomic E-state index is 5.04. The highest BCUT2D eigenvalue weighted by Crippen LogP contribution is 2.38. The van der Waals surface area contributed by atoms with E-state index in [1.165, 1.54) is 32.8 Å². The van der Waals surface area contributed by atoms with E-state index >= 15 is 0 Å². The first-order valence-electron chi connectivity index (χ1n) is 10.2. The van der Waals surface area contributed by atoms with E-state index in [1.807, 2.05) is 0 Å². The zero-order valence-electron chi connectivity index (χ0n) is 16.4. The van der Waals surface area contributed by atoms with Crippen molar-refractivity contribution in [2.45, 2.75) is 0 Å². The van der Waals surface area contributed by atoms with Crippen LogP contribution in [0.5, 0.6) is 0 Å². The Hall–Kier alpha value is -4.05. The Morgan fingerprint density at radius 1 is 0.633 bits per heavy atom. The Labute approximate surface area is 172 Å². The fourth-order valence-electron chi connectivity index (χ4n) is 4.95. The quantitative estimate of drug-likeness (QED) is 0.336. The lowest BCUT2D eigenvalue weighted by Gasteiger charge is -2.05. The zero-order valence-corrected chi connectivity index (χ0v) is 16.4. The summed E-state index contributed by atoms with van der Waals surface area (Å²) in [6, 6.07) is 32.0. The van der Waals surface area contributed by atoms with Gasteiger partial charge in [0.2, 0.25) is 5.78 Å². The molecule has 7 aromatic rings. The third-order valence-electron chi connectivity index (χ3n) is 6.25. The van der Waals surface area contributed by atoms with Gasteiger partial charge in [-0.3, -0.25) is 8.97 Å². The van der Waals surface area contributed by atoms with Crippen molar-refractivity contribution in [3.8, 4) is 5.69 Å². The molecule has 0 N–H and O–H groups in total. The van der Waals surface area contributed by atoms with Crippen molar-refractivity contribution >= 4 is 49.7 Å². The first kappa shape index (κ1) is 15.8. The number of hydrogen-bond donors (Lipinski definition) is 0. The summed E-state index contributed by atoms with van der Waals surface area (Å²) in [5.41, 5.74) is 8.10. The largest absolute Gasteiger partial charge is 0.344 e. The average Bonchev–Trinajstić information content (AvgIpc) is 3.41. The lowest BCUT2D eigenvalue weighted by molar-refractivity contribution is 1.01. The molecule has 30 heavy (non-hydrogen) atoms. The lowest BCUT2D eigenvalue weighted by atomic mass is 10.1. The zero-order chi connectivity index (χ0) is 19.8. The number of fused-ring (bicyclic) bond motifs is 9. The van der Waals surface area contributed by atoms with Crippen LogP contribution in [0.1, 0.15) is 0 Å². The molecule has 3 aromatic heterocycles. The van der Waals surface area contributed by atoms with Gasteiger partial charge >= 0.3 is 0 Å². The van der Waals surface area contributed by atoms with Crippen molar-refractivity contribution in [3.05, 3.63) is 91.0 Å². The van der Waals surface area contributed by atoms with Crippen LogP contribution in [-0.4, -0.2) is 18.5 Å². The van der Waals surface area contributed by atoms with Gasteiger partial charge in [0.15, 0.2) is 0 Å². The van der Waals surface area contributed by atoms with Crippen LogP contribution >= 0.6 is 0 Å². The van der Waals surface area contributed by atoms with Crippen molar-refractivity contribution in [2.24, 2.45) is 7.05 Å². The normalized spacial score (nSPS) is 12.2. The molecule has 4 aromatic carbocycles. The summed E-state index contributed by atoms with van der Waals surface area (Å²) in [5.74, 6) is 0.942. The minimum Gasteiger partial charge on any atom is -0.344 e. The molecule has 0 amide bonds. The van der Waals surface area contributed by atoms with Crippen LogP contribution in [-0.2, 0) is 7.05 Å². The van der Waals surface area contributed by atoms with Crippen molar-refractivity contribution < 1.29 is 0 Å². The molecule has 0 aliphatic carbocycles. The predicted octanol–water partition coefficient (Wildman–Crippen LogP) is 6.08. The molecule has 0 atom stereocenters. The Balaban J connectivity index is 1.84. The second kappa shape index (κ2) is 5.51. The summed E-state index contributed by atoms with van der Waals surface area (Å²) in [4.78, 5) is 5.04. The molecule has 4 nitrogen and oxygen atoms in total. The molecule has 142 valence electrons. The van der Waals surface area contributed by atoms with E-state index in [0.29, 0.717) is 0 Å². The van der Waals surface area contributed by atoms with Crippen LogP contribution in [0.25, 0.3) is 55.3 Å². The summed E-state index contributed by atoms with van der Waals surface area (Å²) in [7, 11) is 2.15. The summed E-state index contributed by atoms with van der Waals surface area (Å²) in [5, 5.41) is 2.54. The topological polar surface area (TPSA) is 27.2 Å². The molecule has 3 heterocycles. The number of hydrogen-bond acceptors (Lipinski definition) is 1. The summed E-state index contributed by atoms with van der Waals surface area (Å²) in [6.07, 6.45) is 0. The van der Waals surface area contributed by atoms with Crippen molar-refractivity contribution in [1.29, 1.82) is 0 Å². The minimum absolute atomic E-state index is 0.942. The smallest absolute Gasteiger partial charge is 0.220 e. The predicted molar refractivity (Wildman–Crippen MR) is 124 cm³/mol. The van der Waals surface area contributed by atoms with Gasteiger partial charge in [-0.05, 0) is 42.5 Å². The van der Waals surface area contributed by atoms with E-state index in [9.17, 15) is 0 Å². The van der Waals surface area contributed by atoms with Crippen LogP contribution in [0.3, 0.4) is 0 Å². The first-order chi connectivity index (χ1) is 14.8. The molecular formula is C26H18N4. The second-order valence-corrected chi connectivity index (χ2v) is 7.81. The number of benzene rings is 4. The van der Waals surface area contributed by atoms with Crippen LogP contribution < -0.4 is 0 Å². The van der Waals surface area contributed by atoms with Crippen LogP contribution in [0.2, 0.25) is 0 Å². The fraction of sp³-hybridized carbons (Fsp3) is 0.0385. The van der Waals surface area contributed by atoms with E-state index in [1.54, 1.807) is 0 Å². The Kier molecular flexibility index (Phi) is 2.91. The van der Waals surface area contributed by atoms with E-state index < -0.39 is 0 Å². The van der Waals surface area contributed by atoms with Gasteiger partial charge < -0.3 is 4.57 Å². The highest BCUT2D eigenvalue weighted by atomic mass is 15.2. The number of nitrogens with zero attached hydrogens (tertiary/aromatic N) is 4. The third-order valence-corrected chi connectivity index (χ3v) is 6.25. The van der Waals surface area contributed by atoms with Crippen LogP contribution in [0.4, 0.5) is 0 Å². The van der Waals surface area contributed by atoms with Gasteiger partial charge in [-0.1, -0.05) is 48.5 Å². The Morgan fingerprint density at radius 2 is 1.33 bits per heavy atom.